The third-order valence-corrected chi connectivity index (χ3v) is 3.34. The van der Waals surface area contributed by atoms with Crippen molar-refractivity contribution in [2.45, 2.75) is 20.4 Å². The van der Waals surface area contributed by atoms with Crippen LogP contribution in [0.3, 0.4) is 0 Å². The molecule has 106 valence electrons. The van der Waals surface area contributed by atoms with Crippen molar-refractivity contribution in [2.75, 3.05) is 14.2 Å². The van der Waals surface area contributed by atoms with Gasteiger partial charge in [-0.25, -0.2) is 4.39 Å². The van der Waals surface area contributed by atoms with E-state index in [0.29, 0.717) is 17.9 Å². The van der Waals surface area contributed by atoms with E-state index in [-0.39, 0.29) is 5.82 Å². The van der Waals surface area contributed by atoms with Crippen LogP contribution in [-0.4, -0.2) is 14.2 Å². The zero-order valence-corrected chi connectivity index (χ0v) is 12.4. The summed E-state index contributed by atoms with van der Waals surface area (Å²) in [5.74, 6) is 0.484. The lowest BCUT2D eigenvalue weighted by atomic mass is 9.95. The number of halogens is 1. The summed E-state index contributed by atoms with van der Waals surface area (Å²) in [7, 11) is 3.49. The highest BCUT2D eigenvalue weighted by molar-refractivity contribution is 5.75. The van der Waals surface area contributed by atoms with E-state index in [9.17, 15) is 4.39 Å². The van der Waals surface area contributed by atoms with E-state index in [0.717, 1.165) is 22.3 Å². The van der Waals surface area contributed by atoms with E-state index >= 15 is 0 Å². The molecule has 2 aromatic rings. The van der Waals surface area contributed by atoms with Gasteiger partial charge in [-0.15, -0.1) is 0 Å². The average Bonchev–Trinajstić information content (AvgIpc) is 2.41. The maximum Gasteiger partial charge on any atom is 0.131 e. The van der Waals surface area contributed by atoms with Crippen molar-refractivity contribution in [3.05, 3.63) is 52.8 Å². The van der Waals surface area contributed by atoms with Crippen molar-refractivity contribution in [1.82, 2.24) is 5.32 Å². The summed E-state index contributed by atoms with van der Waals surface area (Å²) >= 11 is 0. The van der Waals surface area contributed by atoms with Crippen LogP contribution >= 0.6 is 0 Å². The molecule has 0 aliphatic carbocycles. The van der Waals surface area contributed by atoms with Crippen molar-refractivity contribution in [2.24, 2.45) is 0 Å². The molecule has 20 heavy (non-hydrogen) atoms. The maximum absolute atomic E-state index is 14.2. The molecule has 0 fully saturated rings. The zero-order valence-electron chi connectivity index (χ0n) is 12.4. The van der Waals surface area contributed by atoms with Crippen LogP contribution in [0, 0.1) is 19.7 Å². The number of benzene rings is 2. The lowest BCUT2D eigenvalue weighted by Gasteiger charge is -2.15. The van der Waals surface area contributed by atoms with Crippen LogP contribution in [0.4, 0.5) is 4.39 Å². The highest BCUT2D eigenvalue weighted by Gasteiger charge is 2.14. The monoisotopic (exact) mass is 273 g/mol. The van der Waals surface area contributed by atoms with Gasteiger partial charge in [0.25, 0.3) is 0 Å². The molecule has 3 heteroatoms. The first-order chi connectivity index (χ1) is 9.56. The highest BCUT2D eigenvalue weighted by atomic mass is 19.1. The Morgan fingerprint density at radius 3 is 2.55 bits per heavy atom. The number of rotatable bonds is 4. The minimum Gasteiger partial charge on any atom is -0.496 e. The fourth-order valence-corrected chi connectivity index (χ4v) is 2.51. The molecular formula is C17H20FNO. The summed E-state index contributed by atoms with van der Waals surface area (Å²) in [5, 5.41) is 3.08. The van der Waals surface area contributed by atoms with Gasteiger partial charge in [0.15, 0.2) is 0 Å². The molecule has 0 aliphatic heterocycles. The van der Waals surface area contributed by atoms with E-state index in [4.69, 9.17) is 4.74 Å². The van der Waals surface area contributed by atoms with E-state index in [1.165, 1.54) is 6.07 Å². The number of ether oxygens (including phenoxy) is 1. The average molecular weight is 273 g/mol. The molecular weight excluding hydrogens is 253 g/mol. The van der Waals surface area contributed by atoms with Gasteiger partial charge in [-0.1, -0.05) is 12.1 Å². The van der Waals surface area contributed by atoms with E-state index < -0.39 is 0 Å². The van der Waals surface area contributed by atoms with Gasteiger partial charge in [0.1, 0.15) is 11.6 Å². The second-order valence-electron chi connectivity index (χ2n) is 5.00. The third-order valence-electron chi connectivity index (χ3n) is 3.34. The van der Waals surface area contributed by atoms with Gasteiger partial charge in [0.05, 0.1) is 7.11 Å². The second-order valence-corrected chi connectivity index (χ2v) is 5.00. The summed E-state index contributed by atoms with van der Waals surface area (Å²) in [5.41, 5.74) is 4.59. The first-order valence-corrected chi connectivity index (χ1v) is 6.65. The lowest BCUT2D eigenvalue weighted by molar-refractivity contribution is 0.415. The normalized spacial score (nSPS) is 10.7. The first-order valence-electron chi connectivity index (χ1n) is 6.65. The molecule has 0 saturated heterocycles. The Balaban J connectivity index is 2.64. The predicted octanol–water partition coefficient (Wildman–Crippen LogP) is 3.84. The second kappa shape index (κ2) is 6.06. The lowest BCUT2D eigenvalue weighted by Crippen LogP contribution is -2.05. The van der Waals surface area contributed by atoms with Gasteiger partial charge in [-0.2, -0.15) is 0 Å². The third kappa shape index (κ3) is 2.83. The van der Waals surface area contributed by atoms with Crippen LogP contribution in [0.1, 0.15) is 16.7 Å². The molecule has 2 aromatic carbocycles. The Morgan fingerprint density at radius 1 is 1.15 bits per heavy atom. The molecule has 0 amide bonds. The number of nitrogens with one attached hydrogen (secondary N) is 1. The summed E-state index contributed by atoms with van der Waals surface area (Å²) in [6, 6.07) is 9.17. The fourth-order valence-electron chi connectivity index (χ4n) is 2.51. The van der Waals surface area contributed by atoms with Crippen molar-refractivity contribution >= 4 is 0 Å². The van der Waals surface area contributed by atoms with Crippen LogP contribution in [0.5, 0.6) is 5.75 Å². The summed E-state index contributed by atoms with van der Waals surface area (Å²) in [6.07, 6.45) is 0. The molecule has 0 radical (unpaired) electrons. The van der Waals surface area contributed by atoms with Crippen LogP contribution < -0.4 is 10.1 Å². The minimum atomic E-state index is -0.227. The molecule has 0 atom stereocenters. The number of methoxy groups -OCH3 is 1. The zero-order chi connectivity index (χ0) is 14.7. The Morgan fingerprint density at radius 2 is 1.90 bits per heavy atom. The summed E-state index contributed by atoms with van der Waals surface area (Å²) in [4.78, 5) is 0. The van der Waals surface area contributed by atoms with E-state index in [1.54, 1.807) is 13.2 Å². The molecule has 0 saturated carbocycles. The molecule has 0 spiro atoms. The Kier molecular flexibility index (Phi) is 4.40. The van der Waals surface area contributed by atoms with Gasteiger partial charge >= 0.3 is 0 Å². The van der Waals surface area contributed by atoms with Crippen molar-refractivity contribution < 1.29 is 9.13 Å². The Bertz CT molecular complexity index is 623. The number of hydrogen-bond acceptors (Lipinski definition) is 2. The molecule has 2 nitrogen and oxygen atoms in total. The smallest absolute Gasteiger partial charge is 0.131 e. The molecule has 1 N–H and O–H groups in total. The topological polar surface area (TPSA) is 21.3 Å². The van der Waals surface area contributed by atoms with Gasteiger partial charge in [-0.3, -0.25) is 0 Å². The SMILES string of the molecule is CNCc1ccc(F)c(-c2c(C)cc(C)cc2OC)c1. The Hall–Kier alpha value is -1.87. The standard InChI is InChI=1S/C17H20FNO/c1-11-7-12(2)17(16(8-11)20-4)14-9-13(10-19-3)5-6-15(14)18/h5-9,19H,10H2,1-4H3. The molecule has 0 bridgehead atoms. The maximum atomic E-state index is 14.2. The highest BCUT2D eigenvalue weighted by Crippen LogP contribution is 2.36. The summed E-state index contributed by atoms with van der Waals surface area (Å²) in [6.45, 7) is 4.70. The predicted molar refractivity (Wildman–Crippen MR) is 80.6 cm³/mol. The fraction of sp³-hybridized carbons (Fsp3) is 0.294. The molecule has 0 aromatic heterocycles. The quantitative estimate of drug-likeness (QED) is 0.914. The van der Waals surface area contributed by atoms with Gasteiger partial charge in [0, 0.05) is 17.7 Å². The van der Waals surface area contributed by atoms with Gasteiger partial charge in [0.2, 0.25) is 0 Å². The van der Waals surface area contributed by atoms with Crippen molar-refractivity contribution in [3.8, 4) is 16.9 Å². The number of aryl methyl sites for hydroxylation is 2. The van der Waals surface area contributed by atoms with Crippen LogP contribution in [-0.2, 0) is 6.54 Å². The number of hydrogen-bond donors (Lipinski definition) is 1. The van der Waals surface area contributed by atoms with Gasteiger partial charge in [-0.05, 0) is 55.8 Å². The minimum absolute atomic E-state index is 0.227. The van der Waals surface area contributed by atoms with E-state index in [1.807, 2.05) is 39.1 Å². The molecule has 2 rings (SSSR count). The summed E-state index contributed by atoms with van der Waals surface area (Å²) < 4.78 is 19.7. The first kappa shape index (κ1) is 14.5. The molecule has 0 unspecified atom stereocenters. The van der Waals surface area contributed by atoms with Crippen LogP contribution in [0.25, 0.3) is 11.1 Å². The van der Waals surface area contributed by atoms with Crippen molar-refractivity contribution in [1.29, 1.82) is 0 Å². The van der Waals surface area contributed by atoms with Crippen LogP contribution in [0.2, 0.25) is 0 Å². The van der Waals surface area contributed by atoms with E-state index in [2.05, 4.69) is 5.32 Å². The largest absolute Gasteiger partial charge is 0.496 e. The molecule has 0 aliphatic rings. The molecule has 0 heterocycles. The Labute approximate surface area is 119 Å². The van der Waals surface area contributed by atoms with Gasteiger partial charge < -0.3 is 10.1 Å². The van der Waals surface area contributed by atoms with Crippen LogP contribution in [0.15, 0.2) is 30.3 Å². The van der Waals surface area contributed by atoms with Crippen molar-refractivity contribution in [3.63, 3.8) is 0 Å².